The topological polar surface area (TPSA) is 122 Å². The standard InChI is InChI=1S/C32H38N2O6S/c1-22(2)20-32(30(35)36,34-41(38,39)24-16-14-23(3)15-17-24)18-8-9-19-33-31(37)40-21-29-27-12-6-4-10-25(27)26-11-5-7-13-28(26)29/h4-7,10-17,22,29,34H,8-9,18-21H2,1-3H3,(H,33,37)(H,35,36). The van der Waals surface area contributed by atoms with Crippen molar-refractivity contribution in [1.29, 1.82) is 0 Å². The molecule has 0 heterocycles. The molecule has 0 saturated heterocycles. The van der Waals surface area contributed by atoms with Crippen LogP contribution in [0.5, 0.6) is 0 Å². The van der Waals surface area contributed by atoms with Crippen LogP contribution in [0.1, 0.15) is 62.1 Å². The van der Waals surface area contributed by atoms with Gasteiger partial charge in [0, 0.05) is 12.5 Å². The summed E-state index contributed by atoms with van der Waals surface area (Å²) in [5.41, 5.74) is 3.80. The third-order valence-electron chi connectivity index (χ3n) is 7.47. The number of aryl methyl sites for hydroxylation is 1. The van der Waals surface area contributed by atoms with Crippen LogP contribution in [-0.4, -0.2) is 44.3 Å². The zero-order valence-corrected chi connectivity index (χ0v) is 24.5. The van der Waals surface area contributed by atoms with Crippen LogP contribution in [0, 0.1) is 12.8 Å². The van der Waals surface area contributed by atoms with Crippen molar-refractivity contribution in [2.75, 3.05) is 13.2 Å². The summed E-state index contributed by atoms with van der Waals surface area (Å²) in [6.07, 6.45) is 0.520. The molecule has 0 radical (unpaired) electrons. The predicted molar refractivity (Wildman–Crippen MR) is 158 cm³/mol. The van der Waals surface area contributed by atoms with E-state index in [9.17, 15) is 23.1 Å². The smallest absolute Gasteiger partial charge is 0.407 e. The Morgan fingerprint density at radius 3 is 2.07 bits per heavy atom. The Balaban J connectivity index is 1.31. The number of unbranched alkanes of at least 4 members (excludes halogenated alkanes) is 1. The molecule has 3 N–H and O–H groups in total. The van der Waals surface area contributed by atoms with Gasteiger partial charge in [-0.25, -0.2) is 13.2 Å². The van der Waals surface area contributed by atoms with E-state index in [4.69, 9.17) is 4.74 Å². The van der Waals surface area contributed by atoms with Gasteiger partial charge in [-0.2, -0.15) is 4.72 Å². The number of sulfonamides is 1. The fourth-order valence-corrected chi connectivity index (χ4v) is 6.95. The molecule has 1 aliphatic carbocycles. The number of amides is 1. The number of carboxylic acid groups (broad SMARTS) is 1. The second-order valence-electron chi connectivity index (χ2n) is 11.1. The molecule has 1 amide bonds. The van der Waals surface area contributed by atoms with E-state index < -0.39 is 27.6 Å². The Kier molecular flexibility index (Phi) is 9.50. The van der Waals surface area contributed by atoms with Gasteiger partial charge in [0.05, 0.1) is 4.90 Å². The van der Waals surface area contributed by atoms with Crippen LogP contribution in [0.3, 0.4) is 0 Å². The van der Waals surface area contributed by atoms with Crippen LogP contribution in [0.4, 0.5) is 4.79 Å². The minimum absolute atomic E-state index is 0.0226. The molecule has 3 aromatic rings. The largest absolute Gasteiger partial charge is 0.480 e. The molecule has 41 heavy (non-hydrogen) atoms. The van der Waals surface area contributed by atoms with Gasteiger partial charge in [-0.3, -0.25) is 4.79 Å². The van der Waals surface area contributed by atoms with Gasteiger partial charge >= 0.3 is 12.1 Å². The molecule has 9 heteroatoms. The molecular weight excluding hydrogens is 540 g/mol. The van der Waals surface area contributed by atoms with Crippen molar-refractivity contribution in [1.82, 2.24) is 10.0 Å². The number of fused-ring (bicyclic) bond motifs is 3. The molecule has 3 aromatic carbocycles. The molecule has 218 valence electrons. The summed E-state index contributed by atoms with van der Waals surface area (Å²) in [5.74, 6) is -1.32. The van der Waals surface area contributed by atoms with Crippen LogP contribution in [-0.2, 0) is 19.6 Å². The molecule has 8 nitrogen and oxygen atoms in total. The summed E-state index contributed by atoms with van der Waals surface area (Å²) in [6, 6.07) is 22.5. The average Bonchev–Trinajstić information content (AvgIpc) is 3.25. The average molecular weight is 579 g/mol. The summed E-state index contributed by atoms with van der Waals surface area (Å²) in [5, 5.41) is 12.9. The number of hydrogen-bond donors (Lipinski definition) is 3. The normalized spacial score (nSPS) is 14.2. The maximum absolute atomic E-state index is 13.1. The van der Waals surface area contributed by atoms with Gasteiger partial charge in [0.25, 0.3) is 0 Å². The van der Waals surface area contributed by atoms with Crippen molar-refractivity contribution < 1.29 is 27.9 Å². The molecule has 0 aromatic heterocycles. The van der Waals surface area contributed by atoms with E-state index >= 15 is 0 Å². The molecular formula is C32H38N2O6S. The third-order valence-corrected chi connectivity index (χ3v) is 9.02. The summed E-state index contributed by atoms with van der Waals surface area (Å²) in [6.45, 7) is 6.05. The van der Waals surface area contributed by atoms with Gasteiger partial charge in [0.2, 0.25) is 10.0 Å². The first kappa shape index (κ1) is 30.3. The fraction of sp³-hybridized carbons (Fsp3) is 0.375. The van der Waals surface area contributed by atoms with Crippen LogP contribution in [0.2, 0.25) is 0 Å². The van der Waals surface area contributed by atoms with Crippen molar-refractivity contribution in [3.8, 4) is 11.1 Å². The molecule has 4 rings (SSSR count). The third kappa shape index (κ3) is 7.15. The van der Waals surface area contributed by atoms with Gasteiger partial charge in [-0.05, 0) is 72.9 Å². The quantitative estimate of drug-likeness (QED) is 0.219. The highest BCUT2D eigenvalue weighted by Gasteiger charge is 2.42. The Labute approximate surface area is 242 Å². The highest BCUT2D eigenvalue weighted by Crippen LogP contribution is 2.44. The number of hydrogen-bond acceptors (Lipinski definition) is 5. The Bertz CT molecular complexity index is 1440. The summed E-state index contributed by atoms with van der Waals surface area (Å²) in [4.78, 5) is 25.0. The van der Waals surface area contributed by atoms with E-state index in [1.807, 2.05) is 45.0 Å². The Morgan fingerprint density at radius 1 is 0.927 bits per heavy atom. The van der Waals surface area contributed by atoms with Crippen LogP contribution in [0.25, 0.3) is 11.1 Å². The monoisotopic (exact) mass is 578 g/mol. The van der Waals surface area contributed by atoms with Gasteiger partial charge in [-0.15, -0.1) is 0 Å². The predicted octanol–water partition coefficient (Wildman–Crippen LogP) is 5.85. The number of aliphatic carboxylic acids is 1. The van der Waals surface area contributed by atoms with E-state index in [1.165, 1.54) is 12.1 Å². The molecule has 1 aliphatic rings. The lowest BCUT2D eigenvalue weighted by molar-refractivity contribution is -0.145. The van der Waals surface area contributed by atoms with Crippen molar-refractivity contribution >= 4 is 22.1 Å². The maximum Gasteiger partial charge on any atom is 0.407 e. The summed E-state index contributed by atoms with van der Waals surface area (Å²) < 4.78 is 34.3. The van der Waals surface area contributed by atoms with Gasteiger partial charge in [0.1, 0.15) is 12.1 Å². The van der Waals surface area contributed by atoms with E-state index in [1.54, 1.807) is 12.1 Å². The number of benzene rings is 3. The second kappa shape index (κ2) is 12.9. The van der Waals surface area contributed by atoms with E-state index in [-0.39, 0.29) is 42.7 Å². The molecule has 0 fully saturated rings. The Morgan fingerprint density at radius 2 is 1.51 bits per heavy atom. The lowest BCUT2D eigenvalue weighted by atomic mass is 9.85. The highest BCUT2D eigenvalue weighted by molar-refractivity contribution is 7.89. The number of ether oxygens (including phenoxy) is 1. The summed E-state index contributed by atoms with van der Waals surface area (Å²) in [7, 11) is -4.06. The zero-order chi connectivity index (χ0) is 29.6. The zero-order valence-electron chi connectivity index (χ0n) is 23.7. The second-order valence-corrected chi connectivity index (χ2v) is 12.8. The SMILES string of the molecule is Cc1ccc(S(=O)(=O)NC(CCCCNC(=O)OCC2c3ccccc3-c3ccccc32)(CC(C)C)C(=O)O)cc1. The van der Waals surface area contributed by atoms with Crippen molar-refractivity contribution in [2.24, 2.45) is 5.92 Å². The number of carbonyl (C=O) groups is 2. The number of nitrogens with one attached hydrogen (secondary N) is 2. The summed E-state index contributed by atoms with van der Waals surface area (Å²) >= 11 is 0. The van der Waals surface area contributed by atoms with Crippen molar-refractivity contribution in [3.05, 3.63) is 89.5 Å². The van der Waals surface area contributed by atoms with E-state index in [2.05, 4.69) is 34.3 Å². The Hall–Kier alpha value is -3.69. The molecule has 0 saturated carbocycles. The number of alkyl carbamates (subject to hydrolysis) is 1. The first-order valence-corrected chi connectivity index (χ1v) is 15.4. The number of carboxylic acids is 1. The van der Waals surface area contributed by atoms with Gasteiger partial charge in [-0.1, -0.05) is 80.1 Å². The minimum Gasteiger partial charge on any atom is -0.480 e. The maximum atomic E-state index is 13.1. The van der Waals surface area contributed by atoms with Crippen LogP contribution < -0.4 is 10.0 Å². The lowest BCUT2D eigenvalue weighted by Crippen LogP contribution is -2.55. The first-order valence-electron chi connectivity index (χ1n) is 14.0. The van der Waals surface area contributed by atoms with Gasteiger partial charge < -0.3 is 15.2 Å². The molecule has 0 bridgehead atoms. The first-order chi connectivity index (χ1) is 19.5. The molecule has 0 spiro atoms. The van der Waals surface area contributed by atoms with E-state index in [0.717, 1.165) is 27.8 Å². The van der Waals surface area contributed by atoms with Crippen molar-refractivity contribution in [2.45, 2.75) is 62.8 Å². The molecule has 1 unspecified atom stereocenters. The fourth-order valence-electron chi connectivity index (χ4n) is 5.55. The van der Waals surface area contributed by atoms with E-state index in [0.29, 0.717) is 12.8 Å². The number of rotatable bonds is 13. The lowest BCUT2D eigenvalue weighted by Gasteiger charge is -2.32. The van der Waals surface area contributed by atoms with Crippen LogP contribution >= 0.6 is 0 Å². The highest BCUT2D eigenvalue weighted by atomic mass is 32.2. The van der Waals surface area contributed by atoms with Crippen molar-refractivity contribution in [3.63, 3.8) is 0 Å². The molecule has 0 aliphatic heterocycles. The molecule has 1 atom stereocenters. The van der Waals surface area contributed by atoms with Gasteiger partial charge in [0.15, 0.2) is 0 Å². The minimum atomic E-state index is -4.06. The number of carbonyl (C=O) groups excluding carboxylic acids is 1. The van der Waals surface area contributed by atoms with Crippen LogP contribution in [0.15, 0.2) is 77.7 Å².